The summed E-state index contributed by atoms with van der Waals surface area (Å²) in [6.07, 6.45) is 3.78. The molecule has 0 unspecified atom stereocenters. The third-order valence-electron chi connectivity index (χ3n) is 2.71. The van der Waals surface area contributed by atoms with E-state index in [1.165, 1.54) is 18.2 Å². The summed E-state index contributed by atoms with van der Waals surface area (Å²) in [5, 5.41) is 11.2. The van der Waals surface area contributed by atoms with Crippen LogP contribution in [0.5, 0.6) is 0 Å². The normalized spacial score (nSPS) is 10.8. The number of carbonyl (C=O) groups is 2. The molecule has 1 aromatic carbocycles. The Hall–Kier alpha value is -2.21. The number of aliphatic carboxylic acids is 1. The Morgan fingerprint density at radius 2 is 2.14 bits per heavy atom. The second kappa shape index (κ2) is 8.86. The van der Waals surface area contributed by atoms with Crippen molar-refractivity contribution in [3.63, 3.8) is 0 Å². The van der Waals surface area contributed by atoms with Gasteiger partial charge in [0.05, 0.1) is 5.56 Å². The number of carbonyl (C=O) groups excluding carboxylic acids is 1. The minimum atomic E-state index is -1.11. The van der Waals surface area contributed by atoms with Crippen LogP contribution < -0.4 is 5.32 Å². The highest BCUT2D eigenvalue weighted by atomic mass is 19.1. The molecule has 0 heterocycles. The van der Waals surface area contributed by atoms with Gasteiger partial charge >= 0.3 is 5.97 Å². The number of halogens is 1. The topological polar surface area (TPSA) is 75.6 Å². The number of unbranched alkanes of at least 4 members (excludes halogenated alkanes) is 1. The summed E-state index contributed by atoms with van der Waals surface area (Å²) in [5.41, 5.74) is 0.345. The molecule has 0 fully saturated rings. The molecule has 0 saturated carbocycles. The van der Waals surface area contributed by atoms with Crippen molar-refractivity contribution >= 4 is 18.0 Å². The van der Waals surface area contributed by atoms with Gasteiger partial charge in [-0.05, 0) is 36.6 Å². The molecule has 5 nitrogen and oxygen atoms in total. The smallest absolute Gasteiger partial charge is 0.328 e. The summed E-state index contributed by atoms with van der Waals surface area (Å²) >= 11 is 0. The fraction of sp³-hybridized carbons (Fsp3) is 0.333. The van der Waals surface area contributed by atoms with Crippen LogP contribution in [0.25, 0.3) is 6.08 Å². The van der Waals surface area contributed by atoms with E-state index < -0.39 is 17.7 Å². The fourth-order valence-electron chi connectivity index (χ4n) is 1.66. The first kappa shape index (κ1) is 16.8. The Morgan fingerprint density at radius 3 is 2.81 bits per heavy atom. The van der Waals surface area contributed by atoms with Crippen molar-refractivity contribution in [1.82, 2.24) is 5.32 Å². The number of carboxylic acids is 1. The van der Waals surface area contributed by atoms with Crippen LogP contribution in [0.4, 0.5) is 4.39 Å². The number of methoxy groups -OCH3 is 1. The third-order valence-corrected chi connectivity index (χ3v) is 2.71. The molecule has 0 spiro atoms. The summed E-state index contributed by atoms with van der Waals surface area (Å²) in [7, 11) is 1.60. The zero-order chi connectivity index (χ0) is 15.7. The Kier molecular flexibility index (Phi) is 7.11. The lowest BCUT2D eigenvalue weighted by Crippen LogP contribution is -2.25. The lowest BCUT2D eigenvalue weighted by Gasteiger charge is -2.07. The largest absolute Gasteiger partial charge is 0.478 e. The van der Waals surface area contributed by atoms with Gasteiger partial charge in [0.15, 0.2) is 0 Å². The first-order chi connectivity index (χ1) is 10.0. The van der Waals surface area contributed by atoms with Crippen molar-refractivity contribution < 1.29 is 23.8 Å². The molecule has 21 heavy (non-hydrogen) atoms. The fourth-order valence-corrected chi connectivity index (χ4v) is 1.66. The maximum Gasteiger partial charge on any atom is 0.328 e. The predicted molar refractivity (Wildman–Crippen MR) is 76.5 cm³/mol. The van der Waals surface area contributed by atoms with Crippen LogP contribution in [0.15, 0.2) is 24.3 Å². The molecule has 1 aromatic rings. The third kappa shape index (κ3) is 6.18. The molecule has 0 radical (unpaired) electrons. The predicted octanol–water partition coefficient (Wildman–Crippen LogP) is 2.08. The molecule has 0 aliphatic heterocycles. The SMILES string of the molecule is COCCCCNC(=O)c1cc(C=CC(=O)O)ccc1F. The number of amides is 1. The molecule has 0 atom stereocenters. The van der Waals surface area contributed by atoms with E-state index in [-0.39, 0.29) is 5.56 Å². The standard InChI is InChI=1S/C15H18FNO4/c1-21-9-3-2-8-17-15(20)12-10-11(4-6-13(12)16)5-7-14(18)19/h4-7,10H,2-3,8-9H2,1H3,(H,17,20)(H,18,19). The van der Waals surface area contributed by atoms with Crippen LogP contribution in [0.3, 0.4) is 0 Å². The van der Waals surface area contributed by atoms with Gasteiger partial charge in [-0.3, -0.25) is 4.79 Å². The summed E-state index contributed by atoms with van der Waals surface area (Å²) in [5.74, 6) is -2.27. The van der Waals surface area contributed by atoms with Crippen molar-refractivity contribution in [3.8, 4) is 0 Å². The Balaban J connectivity index is 2.65. The van der Waals surface area contributed by atoms with Gasteiger partial charge in [0.1, 0.15) is 5.82 Å². The first-order valence-corrected chi connectivity index (χ1v) is 6.52. The van der Waals surface area contributed by atoms with E-state index >= 15 is 0 Å². The molecule has 0 bridgehead atoms. The van der Waals surface area contributed by atoms with Crippen molar-refractivity contribution in [3.05, 3.63) is 41.2 Å². The van der Waals surface area contributed by atoms with Gasteiger partial charge in [-0.15, -0.1) is 0 Å². The van der Waals surface area contributed by atoms with Gasteiger partial charge in [0.25, 0.3) is 5.91 Å². The van der Waals surface area contributed by atoms with Crippen molar-refractivity contribution in [1.29, 1.82) is 0 Å². The molecule has 2 N–H and O–H groups in total. The van der Waals surface area contributed by atoms with E-state index in [9.17, 15) is 14.0 Å². The second-order valence-corrected chi connectivity index (χ2v) is 4.37. The lowest BCUT2D eigenvalue weighted by molar-refractivity contribution is -0.131. The molecule has 114 valence electrons. The maximum atomic E-state index is 13.6. The van der Waals surface area contributed by atoms with Crippen LogP contribution in [-0.2, 0) is 9.53 Å². The highest BCUT2D eigenvalue weighted by Crippen LogP contribution is 2.12. The van der Waals surface area contributed by atoms with Gasteiger partial charge in [-0.25, -0.2) is 9.18 Å². The molecule has 0 aliphatic carbocycles. The number of hydrogen-bond acceptors (Lipinski definition) is 3. The Labute approximate surface area is 122 Å². The summed E-state index contributed by atoms with van der Waals surface area (Å²) < 4.78 is 18.5. The molecule has 0 saturated heterocycles. The molecular weight excluding hydrogens is 277 g/mol. The van der Waals surface area contributed by atoms with E-state index in [0.29, 0.717) is 18.7 Å². The van der Waals surface area contributed by atoms with Crippen LogP contribution in [0, 0.1) is 5.82 Å². The molecule has 0 aromatic heterocycles. The zero-order valence-electron chi connectivity index (χ0n) is 11.8. The van der Waals surface area contributed by atoms with Crippen LogP contribution in [0.2, 0.25) is 0 Å². The first-order valence-electron chi connectivity index (χ1n) is 6.52. The second-order valence-electron chi connectivity index (χ2n) is 4.37. The lowest BCUT2D eigenvalue weighted by atomic mass is 10.1. The summed E-state index contributed by atoms with van der Waals surface area (Å²) in [6.45, 7) is 1.04. The maximum absolute atomic E-state index is 13.6. The number of hydrogen-bond donors (Lipinski definition) is 2. The summed E-state index contributed by atoms with van der Waals surface area (Å²) in [6, 6.07) is 3.87. The van der Waals surface area contributed by atoms with E-state index in [0.717, 1.165) is 25.0 Å². The van der Waals surface area contributed by atoms with E-state index in [1.54, 1.807) is 7.11 Å². The van der Waals surface area contributed by atoms with E-state index in [4.69, 9.17) is 9.84 Å². The average Bonchev–Trinajstić information content (AvgIpc) is 2.45. The molecule has 0 aliphatic rings. The quantitative estimate of drug-likeness (QED) is 0.569. The van der Waals surface area contributed by atoms with Crippen molar-refractivity contribution in [2.45, 2.75) is 12.8 Å². The Bertz CT molecular complexity index is 528. The number of rotatable bonds is 8. The summed E-state index contributed by atoms with van der Waals surface area (Å²) in [4.78, 5) is 22.3. The van der Waals surface area contributed by atoms with E-state index in [2.05, 4.69) is 5.32 Å². The molecule has 6 heteroatoms. The van der Waals surface area contributed by atoms with Gasteiger partial charge in [-0.1, -0.05) is 6.07 Å². The van der Waals surface area contributed by atoms with Crippen LogP contribution in [0.1, 0.15) is 28.8 Å². The Morgan fingerprint density at radius 1 is 1.38 bits per heavy atom. The molecule has 1 amide bonds. The van der Waals surface area contributed by atoms with Gasteiger partial charge in [0, 0.05) is 26.3 Å². The van der Waals surface area contributed by atoms with E-state index in [1.807, 2.05) is 0 Å². The van der Waals surface area contributed by atoms with Crippen molar-refractivity contribution in [2.75, 3.05) is 20.3 Å². The zero-order valence-corrected chi connectivity index (χ0v) is 11.8. The van der Waals surface area contributed by atoms with Crippen LogP contribution in [-0.4, -0.2) is 37.2 Å². The van der Waals surface area contributed by atoms with Crippen molar-refractivity contribution in [2.24, 2.45) is 0 Å². The minimum absolute atomic E-state index is 0.103. The minimum Gasteiger partial charge on any atom is -0.478 e. The monoisotopic (exact) mass is 295 g/mol. The van der Waals surface area contributed by atoms with Gasteiger partial charge in [-0.2, -0.15) is 0 Å². The van der Waals surface area contributed by atoms with Gasteiger partial charge in [0.2, 0.25) is 0 Å². The number of carboxylic acid groups (broad SMARTS) is 1. The number of benzene rings is 1. The number of ether oxygens (including phenoxy) is 1. The van der Waals surface area contributed by atoms with Gasteiger partial charge < -0.3 is 15.2 Å². The molecular formula is C15H18FNO4. The number of nitrogens with one attached hydrogen (secondary N) is 1. The van der Waals surface area contributed by atoms with Crippen LogP contribution >= 0.6 is 0 Å². The average molecular weight is 295 g/mol. The highest BCUT2D eigenvalue weighted by molar-refractivity contribution is 5.95. The molecule has 1 rings (SSSR count). The highest BCUT2D eigenvalue weighted by Gasteiger charge is 2.11.